The summed E-state index contributed by atoms with van der Waals surface area (Å²) in [6.45, 7) is 7.49. The average Bonchev–Trinajstić information content (AvgIpc) is 3.12. The lowest BCUT2D eigenvalue weighted by Gasteiger charge is -2.38. The predicted octanol–water partition coefficient (Wildman–Crippen LogP) is 2.71. The fraction of sp³-hybridized carbons (Fsp3) is 0.318. The number of anilines is 2. The van der Waals surface area contributed by atoms with Crippen molar-refractivity contribution in [1.82, 2.24) is 24.7 Å². The van der Waals surface area contributed by atoms with Crippen molar-refractivity contribution < 1.29 is 12.8 Å². The van der Waals surface area contributed by atoms with Crippen LogP contribution in [0.1, 0.15) is 19.5 Å². The highest BCUT2D eigenvalue weighted by Gasteiger charge is 2.26. The second-order valence-corrected chi connectivity index (χ2v) is 10.2. The number of rotatable bonds is 4. The van der Waals surface area contributed by atoms with Gasteiger partial charge in [-0.2, -0.15) is 0 Å². The van der Waals surface area contributed by atoms with Gasteiger partial charge in [-0.1, -0.05) is 0 Å². The Kier molecular flexibility index (Phi) is 5.17. The number of sulfonamides is 1. The monoisotopic (exact) mass is 469 g/mol. The van der Waals surface area contributed by atoms with Crippen LogP contribution in [0.15, 0.2) is 47.9 Å². The fourth-order valence-corrected chi connectivity index (χ4v) is 5.64. The Hall–Kier alpha value is -3.31. The lowest BCUT2D eigenvalue weighted by atomic mass is 10.1. The van der Waals surface area contributed by atoms with Crippen molar-refractivity contribution in [1.29, 1.82) is 0 Å². The van der Waals surface area contributed by atoms with Gasteiger partial charge >= 0.3 is 0 Å². The van der Waals surface area contributed by atoms with Crippen molar-refractivity contribution in [2.75, 3.05) is 22.7 Å². The van der Waals surface area contributed by atoms with Crippen molar-refractivity contribution in [3.63, 3.8) is 0 Å². The molecule has 1 aliphatic rings. The van der Waals surface area contributed by atoms with Crippen molar-refractivity contribution in [3.8, 4) is 0 Å². The Balaban J connectivity index is 1.56. The largest absolute Gasteiger partial charge is 0.367 e. The molecule has 11 heteroatoms. The molecule has 1 aromatic carbocycles. The molecule has 5 rings (SSSR count). The maximum atomic E-state index is 14.5. The molecule has 33 heavy (non-hydrogen) atoms. The third kappa shape index (κ3) is 3.98. The van der Waals surface area contributed by atoms with E-state index in [0.717, 1.165) is 24.8 Å². The summed E-state index contributed by atoms with van der Waals surface area (Å²) in [6.07, 6.45) is 6.13. The molecule has 2 atom stereocenters. The topological polar surface area (TPSA) is 105 Å². The maximum Gasteiger partial charge on any atom is 0.264 e. The van der Waals surface area contributed by atoms with E-state index in [-0.39, 0.29) is 33.8 Å². The van der Waals surface area contributed by atoms with Gasteiger partial charge in [-0.15, -0.1) is 0 Å². The number of imidazole rings is 1. The Morgan fingerprint density at radius 3 is 2.52 bits per heavy atom. The summed E-state index contributed by atoms with van der Waals surface area (Å²) in [7, 11) is -4.07. The summed E-state index contributed by atoms with van der Waals surface area (Å²) in [5, 5.41) is 3.49. The molecule has 0 saturated carbocycles. The molecule has 9 nitrogen and oxygen atoms in total. The van der Waals surface area contributed by atoms with Gasteiger partial charge in [0.25, 0.3) is 10.0 Å². The highest BCUT2D eigenvalue weighted by atomic mass is 32.2. The van der Waals surface area contributed by atoms with Gasteiger partial charge in [0.2, 0.25) is 0 Å². The van der Waals surface area contributed by atoms with E-state index in [4.69, 9.17) is 0 Å². The van der Waals surface area contributed by atoms with Crippen LogP contribution in [-0.2, 0) is 10.0 Å². The van der Waals surface area contributed by atoms with Crippen LogP contribution in [0, 0.1) is 12.7 Å². The molecule has 1 aliphatic heterocycles. The van der Waals surface area contributed by atoms with Crippen LogP contribution < -0.4 is 14.9 Å². The lowest BCUT2D eigenvalue weighted by Crippen LogP contribution is -2.54. The van der Waals surface area contributed by atoms with Gasteiger partial charge in [0.05, 0.1) is 17.1 Å². The highest BCUT2D eigenvalue weighted by molar-refractivity contribution is 7.93. The number of nitrogens with zero attached hydrogens (tertiary/aromatic N) is 5. The number of nitrogens with one attached hydrogen (secondary N) is 2. The number of aromatic nitrogens is 4. The molecule has 1 fully saturated rings. The summed E-state index contributed by atoms with van der Waals surface area (Å²) in [5.74, 6) is -0.620. The summed E-state index contributed by atoms with van der Waals surface area (Å²) >= 11 is 0. The van der Waals surface area contributed by atoms with Crippen molar-refractivity contribution >= 4 is 38.1 Å². The van der Waals surface area contributed by atoms with Gasteiger partial charge in [-0.25, -0.2) is 17.8 Å². The molecule has 0 radical (unpaired) electrons. The lowest BCUT2D eigenvalue weighted by molar-refractivity contribution is 0.407. The number of fused-ring (bicyclic) bond motifs is 2. The number of hydrogen-bond acceptors (Lipinski definition) is 7. The van der Waals surface area contributed by atoms with E-state index in [1.165, 1.54) is 22.9 Å². The van der Waals surface area contributed by atoms with Crippen LogP contribution in [0.2, 0.25) is 0 Å². The highest BCUT2D eigenvalue weighted by Crippen LogP contribution is 2.31. The van der Waals surface area contributed by atoms with Gasteiger partial charge in [0, 0.05) is 56.0 Å². The third-order valence-electron chi connectivity index (χ3n) is 5.63. The first-order valence-electron chi connectivity index (χ1n) is 10.6. The van der Waals surface area contributed by atoms with E-state index in [1.807, 2.05) is 0 Å². The van der Waals surface area contributed by atoms with Gasteiger partial charge < -0.3 is 14.6 Å². The van der Waals surface area contributed by atoms with Crippen LogP contribution in [0.25, 0.3) is 16.7 Å². The van der Waals surface area contributed by atoms with E-state index >= 15 is 0 Å². The van der Waals surface area contributed by atoms with Crippen molar-refractivity contribution in [2.45, 2.75) is 37.8 Å². The minimum absolute atomic E-state index is 0.0205. The molecule has 2 N–H and O–H groups in total. The van der Waals surface area contributed by atoms with Crippen LogP contribution >= 0.6 is 0 Å². The quantitative estimate of drug-likeness (QED) is 0.474. The van der Waals surface area contributed by atoms with Crippen LogP contribution in [-0.4, -0.2) is 52.9 Å². The second kappa shape index (κ2) is 7.92. The van der Waals surface area contributed by atoms with Crippen molar-refractivity contribution in [2.24, 2.45) is 0 Å². The first-order chi connectivity index (χ1) is 15.7. The molecule has 172 valence electrons. The predicted molar refractivity (Wildman–Crippen MR) is 125 cm³/mol. The molecular formula is C22H24FN7O2S. The molecule has 1 saturated heterocycles. The molecule has 0 spiro atoms. The standard InChI is InChI=1S/C22H24FN7O2S/c1-13-9-29(10-14(2)26-13)18-4-5-19(21-20(18)24-6-7-25-21)33(31,32)28-16-8-17(23)22-27-15(3)11-30(22)12-16/h4-8,11-14,26,28H,9-10H2,1-3H3/t13-,14+. The molecule has 0 amide bonds. The fourth-order valence-electron chi connectivity index (χ4n) is 4.46. The van der Waals surface area contributed by atoms with Crippen molar-refractivity contribution in [3.05, 3.63) is 54.5 Å². The number of aryl methyl sites for hydroxylation is 1. The number of benzene rings is 1. The van der Waals surface area contributed by atoms with Crippen LogP contribution in [0.5, 0.6) is 0 Å². The van der Waals surface area contributed by atoms with E-state index in [1.54, 1.807) is 25.4 Å². The third-order valence-corrected chi connectivity index (χ3v) is 7.05. The summed E-state index contributed by atoms with van der Waals surface area (Å²) in [4.78, 5) is 15.1. The zero-order chi connectivity index (χ0) is 23.3. The molecule has 0 aliphatic carbocycles. The molecule has 3 aromatic heterocycles. The Bertz CT molecular complexity index is 1460. The first kappa shape index (κ1) is 21.5. The second-order valence-electron chi connectivity index (χ2n) is 8.51. The normalized spacial score (nSPS) is 19.3. The van der Waals surface area contributed by atoms with E-state index in [0.29, 0.717) is 11.2 Å². The minimum Gasteiger partial charge on any atom is -0.367 e. The average molecular weight is 470 g/mol. The van der Waals surface area contributed by atoms with Gasteiger partial charge in [-0.3, -0.25) is 14.7 Å². The minimum atomic E-state index is -4.07. The number of pyridine rings is 1. The smallest absolute Gasteiger partial charge is 0.264 e. The number of hydrogen-bond donors (Lipinski definition) is 2. The molecular weight excluding hydrogens is 445 g/mol. The molecule has 0 bridgehead atoms. The summed E-state index contributed by atoms with van der Waals surface area (Å²) < 4.78 is 45.0. The van der Waals surface area contributed by atoms with Crippen LogP contribution in [0.4, 0.5) is 15.8 Å². The van der Waals surface area contributed by atoms with Gasteiger partial charge in [-0.05, 0) is 32.9 Å². The van der Waals surface area contributed by atoms with Gasteiger partial charge in [0.1, 0.15) is 15.9 Å². The summed E-state index contributed by atoms with van der Waals surface area (Å²) in [6, 6.07) is 4.97. The number of piperazine rings is 1. The first-order valence-corrected chi connectivity index (χ1v) is 12.1. The number of halogens is 1. The van der Waals surface area contributed by atoms with E-state index in [2.05, 4.69) is 43.7 Å². The van der Waals surface area contributed by atoms with Gasteiger partial charge in [0.15, 0.2) is 11.5 Å². The molecule has 4 aromatic rings. The Labute approximate surface area is 190 Å². The molecule has 4 heterocycles. The Morgan fingerprint density at radius 1 is 1.09 bits per heavy atom. The molecule has 0 unspecified atom stereocenters. The van der Waals surface area contributed by atoms with Crippen LogP contribution in [0.3, 0.4) is 0 Å². The summed E-state index contributed by atoms with van der Waals surface area (Å²) in [5.41, 5.74) is 2.45. The zero-order valence-corrected chi connectivity index (χ0v) is 19.3. The maximum absolute atomic E-state index is 14.5. The zero-order valence-electron chi connectivity index (χ0n) is 18.4. The van der Waals surface area contributed by atoms with E-state index < -0.39 is 15.8 Å². The SMILES string of the molecule is Cc1cn2cc(NS(=O)(=O)c3ccc(N4C[C@@H](C)N[C@@H](C)C4)c4nccnc34)cc(F)c2n1. The Morgan fingerprint density at radius 2 is 1.79 bits per heavy atom. The van der Waals surface area contributed by atoms with E-state index in [9.17, 15) is 12.8 Å².